The predicted molar refractivity (Wildman–Crippen MR) is 90.9 cm³/mol. The van der Waals surface area contributed by atoms with Gasteiger partial charge in [0.1, 0.15) is 0 Å². The number of hydrogen-bond donors (Lipinski definition) is 3. The van der Waals surface area contributed by atoms with E-state index in [0.29, 0.717) is 11.3 Å². The number of furan rings is 1. The molecule has 0 aliphatic heterocycles. The van der Waals surface area contributed by atoms with E-state index in [1.807, 2.05) is 20.8 Å². The molecular weight excluding hydrogens is 308 g/mol. The van der Waals surface area contributed by atoms with Gasteiger partial charge in [-0.1, -0.05) is 26.8 Å². The molecule has 1 aromatic heterocycles. The number of amides is 2. The summed E-state index contributed by atoms with van der Waals surface area (Å²) in [6.45, 7) is 5.85. The van der Waals surface area contributed by atoms with Crippen molar-refractivity contribution in [1.82, 2.24) is 5.32 Å². The van der Waals surface area contributed by atoms with Crippen LogP contribution in [0.2, 0.25) is 0 Å². The third kappa shape index (κ3) is 4.70. The Morgan fingerprint density at radius 2 is 1.92 bits per heavy atom. The summed E-state index contributed by atoms with van der Waals surface area (Å²) in [5.74, 6) is -0.508. The molecule has 6 heteroatoms. The molecule has 0 bridgehead atoms. The molecule has 0 saturated heterocycles. The summed E-state index contributed by atoms with van der Waals surface area (Å²) in [6, 6.07) is 9.74. The van der Waals surface area contributed by atoms with Crippen LogP contribution < -0.4 is 10.6 Å². The summed E-state index contributed by atoms with van der Waals surface area (Å²) in [5.41, 5.74) is 0.570. The van der Waals surface area contributed by atoms with Crippen molar-refractivity contribution >= 4 is 17.5 Å². The number of carbonyl (C=O) groups excluding carboxylic acids is 2. The molecule has 2 aromatic rings. The second kappa shape index (κ2) is 7.31. The summed E-state index contributed by atoms with van der Waals surface area (Å²) in [5, 5.41) is 15.3. The minimum Gasteiger partial charge on any atom is -0.459 e. The van der Waals surface area contributed by atoms with Crippen molar-refractivity contribution in [3.63, 3.8) is 0 Å². The highest BCUT2D eigenvalue weighted by Crippen LogP contribution is 2.18. The monoisotopic (exact) mass is 330 g/mol. The molecule has 0 aliphatic rings. The molecule has 24 heavy (non-hydrogen) atoms. The molecule has 0 radical (unpaired) electrons. The third-order valence-corrected chi connectivity index (χ3v) is 3.58. The third-order valence-electron chi connectivity index (χ3n) is 3.58. The van der Waals surface area contributed by atoms with Gasteiger partial charge in [0.05, 0.1) is 12.4 Å². The number of anilines is 1. The van der Waals surface area contributed by atoms with Crippen LogP contribution in [0, 0.1) is 5.41 Å². The first-order valence-corrected chi connectivity index (χ1v) is 7.68. The van der Waals surface area contributed by atoms with Gasteiger partial charge in [-0.05, 0) is 35.7 Å². The number of nitrogens with one attached hydrogen (secondary N) is 2. The van der Waals surface area contributed by atoms with Crippen LogP contribution in [0.15, 0.2) is 47.1 Å². The van der Waals surface area contributed by atoms with Crippen LogP contribution in [0.5, 0.6) is 0 Å². The van der Waals surface area contributed by atoms with E-state index in [4.69, 9.17) is 4.42 Å². The molecule has 1 unspecified atom stereocenters. The van der Waals surface area contributed by atoms with Crippen molar-refractivity contribution in [2.45, 2.75) is 26.9 Å². The van der Waals surface area contributed by atoms with E-state index in [0.717, 1.165) is 0 Å². The SMILES string of the molecule is CC(C)(C)C(O)CNC(=O)c1cccc(NC(=O)c2ccco2)c1. The Morgan fingerprint density at radius 1 is 1.17 bits per heavy atom. The van der Waals surface area contributed by atoms with E-state index in [9.17, 15) is 14.7 Å². The van der Waals surface area contributed by atoms with E-state index < -0.39 is 6.10 Å². The van der Waals surface area contributed by atoms with Gasteiger partial charge < -0.3 is 20.2 Å². The lowest BCUT2D eigenvalue weighted by molar-refractivity contribution is 0.0587. The Kier molecular flexibility index (Phi) is 5.41. The van der Waals surface area contributed by atoms with E-state index >= 15 is 0 Å². The summed E-state index contributed by atoms with van der Waals surface area (Å²) < 4.78 is 5.02. The second-order valence-corrected chi connectivity index (χ2v) is 6.60. The zero-order valence-corrected chi connectivity index (χ0v) is 14.0. The van der Waals surface area contributed by atoms with Gasteiger partial charge >= 0.3 is 0 Å². The summed E-state index contributed by atoms with van der Waals surface area (Å²) in [4.78, 5) is 24.1. The summed E-state index contributed by atoms with van der Waals surface area (Å²) >= 11 is 0. The van der Waals surface area contributed by atoms with Crippen LogP contribution in [0.4, 0.5) is 5.69 Å². The van der Waals surface area contributed by atoms with Gasteiger partial charge in [0, 0.05) is 17.8 Å². The van der Waals surface area contributed by atoms with E-state index in [2.05, 4.69) is 10.6 Å². The zero-order valence-electron chi connectivity index (χ0n) is 14.0. The standard InChI is InChI=1S/C18H22N2O4/c1-18(2,3)15(21)11-19-16(22)12-6-4-7-13(10-12)20-17(23)14-8-5-9-24-14/h4-10,15,21H,11H2,1-3H3,(H,19,22)(H,20,23). The molecule has 3 N–H and O–H groups in total. The Morgan fingerprint density at radius 3 is 2.54 bits per heavy atom. The summed E-state index contributed by atoms with van der Waals surface area (Å²) in [7, 11) is 0. The molecule has 1 heterocycles. The lowest BCUT2D eigenvalue weighted by atomic mass is 9.89. The van der Waals surface area contributed by atoms with E-state index in [-0.39, 0.29) is 29.5 Å². The molecule has 2 amide bonds. The number of carbonyl (C=O) groups is 2. The fourth-order valence-electron chi connectivity index (χ4n) is 1.94. The lowest BCUT2D eigenvalue weighted by Gasteiger charge is -2.25. The van der Waals surface area contributed by atoms with Crippen LogP contribution in [-0.4, -0.2) is 29.6 Å². The smallest absolute Gasteiger partial charge is 0.291 e. The summed E-state index contributed by atoms with van der Waals surface area (Å²) in [6.07, 6.45) is 0.766. The fourth-order valence-corrected chi connectivity index (χ4v) is 1.94. The number of aliphatic hydroxyl groups is 1. The molecule has 0 fully saturated rings. The highest BCUT2D eigenvalue weighted by Gasteiger charge is 2.22. The molecule has 0 spiro atoms. The number of benzene rings is 1. The number of aliphatic hydroxyl groups excluding tert-OH is 1. The van der Waals surface area contributed by atoms with Crippen LogP contribution in [0.25, 0.3) is 0 Å². The van der Waals surface area contributed by atoms with Crippen LogP contribution in [-0.2, 0) is 0 Å². The average molecular weight is 330 g/mol. The Bertz CT molecular complexity index is 702. The van der Waals surface area contributed by atoms with Gasteiger partial charge in [0.25, 0.3) is 11.8 Å². The normalized spacial score (nSPS) is 12.5. The predicted octanol–water partition coefficient (Wildman–Crippen LogP) is 2.67. The minimum absolute atomic E-state index is 0.158. The van der Waals surface area contributed by atoms with Crippen LogP contribution >= 0.6 is 0 Å². The Balaban J connectivity index is 1.99. The maximum Gasteiger partial charge on any atom is 0.291 e. The molecule has 128 valence electrons. The fraction of sp³-hybridized carbons (Fsp3) is 0.333. The average Bonchev–Trinajstić information content (AvgIpc) is 3.06. The second-order valence-electron chi connectivity index (χ2n) is 6.60. The van der Waals surface area contributed by atoms with Gasteiger partial charge in [-0.15, -0.1) is 0 Å². The van der Waals surface area contributed by atoms with Gasteiger partial charge in [-0.25, -0.2) is 0 Å². The first kappa shape index (κ1) is 17.7. The molecular formula is C18H22N2O4. The van der Waals surface area contributed by atoms with Crippen LogP contribution in [0.3, 0.4) is 0 Å². The molecule has 0 saturated carbocycles. The van der Waals surface area contributed by atoms with Crippen molar-refractivity contribution < 1.29 is 19.1 Å². The maximum absolute atomic E-state index is 12.2. The topological polar surface area (TPSA) is 91.6 Å². The van der Waals surface area contributed by atoms with Crippen molar-refractivity contribution in [2.24, 2.45) is 5.41 Å². The molecule has 1 atom stereocenters. The van der Waals surface area contributed by atoms with Gasteiger partial charge in [-0.3, -0.25) is 9.59 Å². The first-order valence-electron chi connectivity index (χ1n) is 7.68. The maximum atomic E-state index is 12.2. The largest absolute Gasteiger partial charge is 0.459 e. The van der Waals surface area contributed by atoms with Gasteiger partial charge in [0.2, 0.25) is 0 Å². The highest BCUT2D eigenvalue weighted by atomic mass is 16.3. The number of hydrogen-bond acceptors (Lipinski definition) is 4. The van der Waals surface area contributed by atoms with Crippen molar-refractivity contribution in [1.29, 1.82) is 0 Å². The molecule has 1 aromatic carbocycles. The quantitative estimate of drug-likeness (QED) is 0.786. The van der Waals surface area contributed by atoms with Crippen molar-refractivity contribution in [3.8, 4) is 0 Å². The van der Waals surface area contributed by atoms with E-state index in [1.54, 1.807) is 36.4 Å². The molecule has 6 nitrogen and oxygen atoms in total. The van der Waals surface area contributed by atoms with Gasteiger partial charge in [-0.2, -0.15) is 0 Å². The highest BCUT2D eigenvalue weighted by molar-refractivity contribution is 6.03. The molecule has 0 aliphatic carbocycles. The van der Waals surface area contributed by atoms with Crippen LogP contribution in [0.1, 0.15) is 41.7 Å². The lowest BCUT2D eigenvalue weighted by Crippen LogP contribution is -2.39. The Hall–Kier alpha value is -2.60. The van der Waals surface area contributed by atoms with Gasteiger partial charge in [0.15, 0.2) is 5.76 Å². The Labute approximate surface area is 140 Å². The minimum atomic E-state index is -0.650. The number of rotatable bonds is 5. The van der Waals surface area contributed by atoms with E-state index in [1.165, 1.54) is 6.26 Å². The van der Waals surface area contributed by atoms with Crippen molar-refractivity contribution in [2.75, 3.05) is 11.9 Å². The first-order chi connectivity index (χ1) is 11.3. The zero-order chi connectivity index (χ0) is 17.7. The van der Waals surface area contributed by atoms with Crippen molar-refractivity contribution in [3.05, 3.63) is 54.0 Å². The molecule has 2 rings (SSSR count).